The van der Waals surface area contributed by atoms with Gasteiger partial charge in [0.2, 0.25) is 5.91 Å². The second-order valence-corrected chi connectivity index (χ2v) is 5.33. The summed E-state index contributed by atoms with van der Waals surface area (Å²) >= 11 is 0. The molecular weight excluding hydrogens is 301 g/mol. The molecule has 23 heavy (non-hydrogen) atoms. The van der Waals surface area contributed by atoms with E-state index in [0.717, 1.165) is 13.1 Å². The van der Waals surface area contributed by atoms with Crippen LogP contribution in [-0.2, 0) is 4.79 Å². The molecule has 1 saturated heterocycles. The van der Waals surface area contributed by atoms with Gasteiger partial charge < -0.3 is 15.5 Å². The Labute approximate surface area is 134 Å². The first kappa shape index (κ1) is 17.2. The summed E-state index contributed by atoms with van der Waals surface area (Å²) in [6, 6.07) is 5.62. The molecule has 0 spiro atoms. The van der Waals surface area contributed by atoms with Gasteiger partial charge in [0.15, 0.2) is 0 Å². The second-order valence-electron chi connectivity index (χ2n) is 5.33. The molecular formula is C15H22FN5O2. The van der Waals surface area contributed by atoms with Gasteiger partial charge in [-0.1, -0.05) is 6.07 Å². The molecule has 2 rings (SSSR count). The van der Waals surface area contributed by atoms with Gasteiger partial charge >= 0.3 is 6.03 Å². The van der Waals surface area contributed by atoms with E-state index in [0.29, 0.717) is 31.7 Å². The summed E-state index contributed by atoms with van der Waals surface area (Å²) in [5.41, 5.74) is 3.20. The molecule has 3 N–H and O–H groups in total. The zero-order chi connectivity index (χ0) is 16.7. The molecule has 126 valence electrons. The minimum atomic E-state index is -0.373. The summed E-state index contributed by atoms with van der Waals surface area (Å²) < 4.78 is 13.0. The Hall–Kier alpha value is -2.19. The molecule has 1 heterocycles. The van der Waals surface area contributed by atoms with Crippen molar-refractivity contribution in [2.75, 3.05) is 45.1 Å². The molecule has 1 aromatic carbocycles. The van der Waals surface area contributed by atoms with Gasteiger partial charge in [0.1, 0.15) is 5.82 Å². The molecule has 8 heteroatoms. The molecule has 0 saturated carbocycles. The molecule has 0 radical (unpaired) electrons. The van der Waals surface area contributed by atoms with Gasteiger partial charge in [-0.15, -0.1) is 0 Å². The average molecular weight is 323 g/mol. The fourth-order valence-corrected chi connectivity index (χ4v) is 2.33. The third-order valence-corrected chi connectivity index (χ3v) is 3.62. The maximum atomic E-state index is 13.0. The Kier molecular flexibility index (Phi) is 6.30. The molecule has 7 nitrogen and oxygen atoms in total. The van der Waals surface area contributed by atoms with Crippen molar-refractivity contribution in [3.63, 3.8) is 0 Å². The summed E-state index contributed by atoms with van der Waals surface area (Å²) in [6.07, 6.45) is 0.347. The number of anilines is 1. The first-order valence-corrected chi connectivity index (χ1v) is 7.58. The predicted molar refractivity (Wildman–Crippen MR) is 85.3 cm³/mol. The quantitative estimate of drug-likeness (QED) is 0.742. The Morgan fingerprint density at radius 3 is 2.61 bits per heavy atom. The SMILES string of the molecule is CNC(=O)NN1CCN(CCC(=O)Nc2cccc(F)c2)CC1. The van der Waals surface area contributed by atoms with E-state index in [1.165, 1.54) is 12.1 Å². The highest BCUT2D eigenvalue weighted by Crippen LogP contribution is 2.09. The van der Waals surface area contributed by atoms with Crippen molar-refractivity contribution >= 4 is 17.6 Å². The third-order valence-electron chi connectivity index (χ3n) is 3.62. The molecule has 0 bridgehead atoms. The highest BCUT2D eigenvalue weighted by Gasteiger charge is 2.18. The minimum absolute atomic E-state index is 0.137. The minimum Gasteiger partial charge on any atom is -0.340 e. The van der Waals surface area contributed by atoms with E-state index in [1.807, 2.05) is 5.01 Å². The zero-order valence-corrected chi connectivity index (χ0v) is 13.1. The van der Waals surface area contributed by atoms with Gasteiger partial charge in [-0.25, -0.2) is 14.2 Å². The standard InChI is InChI=1S/C15H22FN5O2/c1-17-15(23)19-21-9-7-20(8-10-21)6-5-14(22)18-13-4-2-3-12(16)11-13/h2-4,11H,5-10H2,1H3,(H,18,22)(H2,17,19,23). The van der Waals surface area contributed by atoms with Crippen molar-refractivity contribution in [3.05, 3.63) is 30.1 Å². The average Bonchev–Trinajstić information content (AvgIpc) is 2.54. The number of carbonyl (C=O) groups is 2. The molecule has 0 aromatic heterocycles. The smallest absolute Gasteiger partial charge is 0.329 e. The van der Waals surface area contributed by atoms with Gasteiger partial charge in [-0.3, -0.25) is 10.2 Å². The molecule has 0 unspecified atom stereocenters. The van der Waals surface area contributed by atoms with Gasteiger partial charge in [0.25, 0.3) is 0 Å². The Morgan fingerprint density at radius 2 is 1.96 bits per heavy atom. The van der Waals surface area contributed by atoms with Crippen LogP contribution in [0.15, 0.2) is 24.3 Å². The van der Waals surface area contributed by atoms with Crippen molar-refractivity contribution in [1.82, 2.24) is 20.7 Å². The Bertz CT molecular complexity index is 546. The van der Waals surface area contributed by atoms with Gasteiger partial charge in [-0.2, -0.15) is 0 Å². The number of rotatable bonds is 5. The van der Waals surface area contributed by atoms with Crippen LogP contribution >= 0.6 is 0 Å². The van der Waals surface area contributed by atoms with E-state index in [2.05, 4.69) is 21.0 Å². The molecule has 1 aliphatic rings. The lowest BCUT2D eigenvalue weighted by Crippen LogP contribution is -2.55. The van der Waals surface area contributed by atoms with Crippen LogP contribution < -0.4 is 16.1 Å². The highest BCUT2D eigenvalue weighted by molar-refractivity contribution is 5.90. The zero-order valence-electron chi connectivity index (χ0n) is 13.1. The van der Waals surface area contributed by atoms with Crippen LogP contribution in [0.1, 0.15) is 6.42 Å². The number of amides is 3. The lowest BCUT2D eigenvalue weighted by Gasteiger charge is -2.34. The van der Waals surface area contributed by atoms with E-state index < -0.39 is 0 Å². The van der Waals surface area contributed by atoms with Crippen molar-refractivity contribution < 1.29 is 14.0 Å². The van der Waals surface area contributed by atoms with Crippen molar-refractivity contribution in [3.8, 4) is 0 Å². The highest BCUT2D eigenvalue weighted by atomic mass is 19.1. The van der Waals surface area contributed by atoms with Crippen LogP contribution in [0.2, 0.25) is 0 Å². The maximum Gasteiger partial charge on any atom is 0.329 e. The van der Waals surface area contributed by atoms with Crippen LogP contribution in [0, 0.1) is 5.82 Å². The van der Waals surface area contributed by atoms with Crippen molar-refractivity contribution in [2.45, 2.75) is 6.42 Å². The number of hydrogen-bond acceptors (Lipinski definition) is 4. The van der Waals surface area contributed by atoms with Crippen LogP contribution in [0.3, 0.4) is 0 Å². The van der Waals surface area contributed by atoms with Crippen LogP contribution in [0.5, 0.6) is 0 Å². The summed E-state index contributed by atoms with van der Waals surface area (Å²) in [5, 5.41) is 7.04. The molecule has 1 aliphatic heterocycles. The Morgan fingerprint density at radius 1 is 1.22 bits per heavy atom. The fourth-order valence-electron chi connectivity index (χ4n) is 2.33. The lowest BCUT2D eigenvalue weighted by atomic mass is 10.2. The Balaban J connectivity index is 1.67. The van der Waals surface area contributed by atoms with Crippen LogP contribution in [-0.4, -0.2) is 61.6 Å². The third kappa shape index (κ3) is 5.84. The van der Waals surface area contributed by atoms with E-state index in [1.54, 1.807) is 19.2 Å². The van der Waals surface area contributed by atoms with Gasteiger partial charge in [-0.05, 0) is 18.2 Å². The largest absolute Gasteiger partial charge is 0.340 e. The second kappa shape index (κ2) is 8.44. The summed E-state index contributed by atoms with van der Waals surface area (Å²) in [4.78, 5) is 25.3. The molecule has 0 atom stereocenters. The predicted octanol–water partition coefficient (Wildman–Crippen LogP) is 0.616. The van der Waals surface area contributed by atoms with Crippen LogP contribution in [0.4, 0.5) is 14.9 Å². The molecule has 3 amide bonds. The van der Waals surface area contributed by atoms with Crippen molar-refractivity contribution in [2.24, 2.45) is 0 Å². The number of halogens is 1. The number of benzene rings is 1. The number of nitrogens with zero attached hydrogens (tertiary/aromatic N) is 2. The molecule has 0 aliphatic carbocycles. The first-order valence-electron chi connectivity index (χ1n) is 7.58. The van der Waals surface area contributed by atoms with Gasteiger partial charge in [0.05, 0.1) is 0 Å². The number of urea groups is 1. The number of hydrazine groups is 1. The van der Waals surface area contributed by atoms with E-state index in [9.17, 15) is 14.0 Å². The van der Waals surface area contributed by atoms with Crippen molar-refractivity contribution in [1.29, 1.82) is 0 Å². The molecule has 1 aromatic rings. The maximum absolute atomic E-state index is 13.0. The van der Waals surface area contributed by atoms with E-state index >= 15 is 0 Å². The summed E-state index contributed by atoms with van der Waals surface area (Å²) in [7, 11) is 1.57. The van der Waals surface area contributed by atoms with E-state index in [-0.39, 0.29) is 17.8 Å². The first-order chi connectivity index (χ1) is 11.1. The van der Waals surface area contributed by atoms with Gasteiger partial charge in [0, 0.05) is 51.9 Å². The van der Waals surface area contributed by atoms with Crippen LogP contribution in [0.25, 0.3) is 0 Å². The normalized spacial score (nSPS) is 15.9. The number of nitrogens with one attached hydrogen (secondary N) is 3. The summed E-state index contributed by atoms with van der Waals surface area (Å²) in [6.45, 7) is 3.60. The topological polar surface area (TPSA) is 76.7 Å². The number of carbonyl (C=O) groups excluding carboxylic acids is 2. The molecule has 1 fully saturated rings. The number of hydrogen-bond donors (Lipinski definition) is 3. The lowest BCUT2D eigenvalue weighted by molar-refractivity contribution is -0.116. The van der Waals surface area contributed by atoms with E-state index in [4.69, 9.17) is 0 Å². The fraction of sp³-hybridized carbons (Fsp3) is 0.467. The number of piperazine rings is 1. The monoisotopic (exact) mass is 323 g/mol. The summed E-state index contributed by atoms with van der Waals surface area (Å²) in [5.74, 6) is -0.510.